The number of aryl methyl sites for hydroxylation is 1. The van der Waals surface area contributed by atoms with Gasteiger partial charge in [-0.3, -0.25) is 24.4 Å². The van der Waals surface area contributed by atoms with Crippen LogP contribution in [0.5, 0.6) is 0 Å². The number of nitrogens with zero attached hydrogens (tertiary/aromatic N) is 4. The molecule has 0 unspecified atom stereocenters. The number of piperazine rings is 1. The molecule has 9 heteroatoms. The lowest BCUT2D eigenvalue weighted by molar-refractivity contribution is -0.152. The van der Waals surface area contributed by atoms with Gasteiger partial charge < -0.3 is 10.2 Å². The number of hydrogen-bond donors (Lipinski definition) is 1. The van der Waals surface area contributed by atoms with Gasteiger partial charge in [0.1, 0.15) is 0 Å². The van der Waals surface area contributed by atoms with Gasteiger partial charge in [-0.2, -0.15) is 0 Å². The van der Waals surface area contributed by atoms with E-state index in [0.717, 1.165) is 70.3 Å². The molecule has 7 nitrogen and oxygen atoms in total. The van der Waals surface area contributed by atoms with E-state index in [9.17, 15) is 9.59 Å². The number of benzene rings is 1. The minimum atomic E-state index is -0.107. The highest BCUT2D eigenvalue weighted by atomic mass is 35.5. The van der Waals surface area contributed by atoms with E-state index in [1.54, 1.807) is 11.3 Å². The number of halogens is 1. The van der Waals surface area contributed by atoms with Crippen LogP contribution in [0.3, 0.4) is 0 Å². The largest absolute Gasteiger partial charge is 0.365 e. The second-order valence-electron chi connectivity index (χ2n) is 11.7. The van der Waals surface area contributed by atoms with Crippen LogP contribution in [0.4, 0.5) is 5.69 Å². The summed E-state index contributed by atoms with van der Waals surface area (Å²) in [6, 6.07) is 8.83. The molecule has 2 aromatic heterocycles. The molecule has 0 spiro atoms. The maximum atomic E-state index is 13.0. The van der Waals surface area contributed by atoms with E-state index >= 15 is 0 Å². The Hall–Kier alpha value is -2.52. The van der Waals surface area contributed by atoms with Crippen molar-refractivity contribution in [3.63, 3.8) is 0 Å². The van der Waals surface area contributed by atoms with Gasteiger partial charge in [-0.25, -0.2) is 0 Å². The molecule has 4 aliphatic rings. The van der Waals surface area contributed by atoms with E-state index in [1.807, 2.05) is 17.2 Å². The average Bonchev–Trinajstić information content (AvgIpc) is 3.41. The number of fused-ring (bicyclic) bond motifs is 2. The molecule has 7 rings (SSSR count). The number of carbonyl (C=O) groups is 2. The molecule has 1 N–H and O–H groups in total. The lowest BCUT2D eigenvalue weighted by atomic mass is 9.92. The molecular weight excluding hydrogens is 518 g/mol. The van der Waals surface area contributed by atoms with Crippen LogP contribution < -0.4 is 10.2 Å². The smallest absolute Gasteiger partial charge is 0.243 e. The summed E-state index contributed by atoms with van der Waals surface area (Å²) in [5, 5.41) is 4.17. The molecular formula is C29H32ClN5O2S. The second-order valence-corrected chi connectivity index (χ2v) is 13.3. The first-order chi connectivity index (χ1) is 18.4. The van der Waals surface area contributed by atoms with Crippen molar-refractivity contribution in [3.05, 3.63) is 45.9 Å². The Bertz CT molecular complexity index is 1430. The summed E-state index contributed by atoms with van der Waals surface area (Å²) in [4.78, 5) is 37.6. The number of anilines is 1. The Kier molecular flexibility index (Phi) is 6.00. The highest BCUT2D eigenvalue weighted by Gasteiger charge is 2.42. The molecule has 0 radical (unpaired) electrons. The number of carbonyl (C=O) groups excluding carboxylic acids is 2. The zero-order valence-electron chi connectivity index (χ0n) is 21.6. The van der Waals surface area contributed by atoms with Crippen LogP contribution in [0.2, 0.25) is 5.02 Å². The summed E-state index contributed by atoms with van der Waals surface area (Å²) in [5.41, 5.74) is 6.03. The molecule has 2 amide bonds. The van der Waals surface area contributed by atoms with Gasteiger partial charge in [0.25, 0.3) is 0 Å². The maximum Gasteiger partial charge on any atom is 0.243 e. The standard InChI is InChI=1S/C29H32ClN5O2S/c1-29(5-6-29)17-33-15-25(36)35(26(37)16-33)14-21-11-24-28(38-21)22(4-7-32-24)23-10-19(30)9-18-3-2-8-34(27(18)23)20-12-31-13-20/h4,7,9-11,20,31H,2-3,5-6,8,12-17H2,1H3. The monoisotopic (exact) mass is 549 g/mol. The van der Waals surface area contributed by atoms with Gasteiger partial charge in [0.2, 0.25) is 11.8 Å². The van der Waals surface area contributed by atoms with Gasteiger partial charge in [-0.15, -0.1) is 11.3 Å². The molecule has 198 valence electrons. The fraction of sp³-hybridized carbons (Fsp3) is 0.483. The number of thiophene rings is 1. The molecule has 0 bridgehead atoms. The van der Waals surface area contributed by atoms with Gasteiger partial charge >= 0.3 is 0 Å². The SMILES string of the molecule is CC1(CN2CC(=O)N(Cc3cc4nccc(-c5cc(Cl)cc6c5N(C5CNC5)CCC6)c4s3)C(=O)C2)CC1. The number of imide groups is 1. The zero-order chi connectivity index (χ0) is 26.0. The van der Waals surface area contributed by atoms with Crippen LogP contribution >= 0.6 is 22.9 Å². The number of nitrogens with one attached hydrogen (secondary N) is 1. The first-order valence-corrected chi connectivity index (χ1v) is 14.8. The summed E-state index contributed by atoms with van der Waals surface area (Å²) in [5.74, 6) is -0.213. The third-order valence-electron chi connectivity index (χ3n) is 8.58. The van der Waals surface area contributed by atoms with E-state index in [4.69, 9.17) is 11.6 Å². The minimum absolute atomic E-state index is 0.107. The third-order valence-corrected chi connectivity index (χ3v) is 9.94. The van der Waals surface area contributed by atoms with Crippen molar-refractivity contribution in [2.24, 2.45) is 5.41 Å². The Morgan fingerprint density at radius 1 is 1.13 bits per heavy atom. The number of aromatic nitrogens is 1. The van der Waals surface area contributed by atoms with Gasteiger partial charge in [-0.1, -0.05) is 18.5 Å². The fourth-order valence-corrected chi connectivity index (χ4v) is 7.55. The highest BCUT2D eigenvalue weighted by Crippen LogP contribution is 2.46. The van der Waals surface area contributed by atoms with Crippen molar-refractivity contribution < 1.29 is 9.59 Å². The van der Waals surface area contributed by atoms with E-state index in [-0.39, 0.29) is 17.2 Å². The maximum absolute atomic E-state index is 13.0. The van der Waals surface area contributed by atoms with Crippen molar-refractivity contribution in [1.29, 1.82) is 0 Å². The Morgan fingerprint density at radius 2 is 1.92 bits per heavy atom. The van der Waals surface area contributed by atoms with Gasteiger partial charge in [-0.05, 0) is 60.9 Å². The molecule has 1 aliphatic carbocycles. The van der Waals surface area contributed by atoms with E-state index in [1.165, 1.54) is 29.0 Å². The Balaban J connectivity index is 1.20. The molecule has 2 saturated heterocycles. The first kappa shape index (κ1) is 24.5. The molecule has 0 atom stereocenters. The predicted octanol–water partition coefficient (Wildman–Crippen LogP) is 4.31. The molecule has 5 heterocycles. The summed E-state index contributed by atoms with van der Waals surface area (Å²) in [6.45, 7) is 7.05. The van der Waals surface area contributed by atoms with Gasteiger partial charge in [0.05, 0.1) is 35.9 Å². The van der Waals surface area contributed by atoms with E-state index in [0.29, 0.717) is 25.7 Å². The Labute approximate surface area is 231 Å². The number of hydrogen-bond acceptors (Lipinski definition) is 7. The van der Waals surface area contributed by atoms with E-state index in [2.05, 4.69) is 40.3 Å². The van der Waals surface area contributed by atoms with Crippen molar-refractivity contribution in [2.45, 2.75) is 45.2 Å². The average molecular weight is 550 g/mol. The normalized spacial score (nSPS) is 21.6. The number of pyridine rings is 1. The van der Waals surface area contributed by atoms with Crippen LogP contribution in [0.15, 0.2) is 30.5 Å². The second kappa shape index (κ2) is 9.30. The van der Waals surface area contributed by atoms with Crippen LogP contribution in [-0.2, 0) is 22.6 Å². The molecule has 3 fully saturated rings. The predicted molar refractivity (Wildman–Crippen MR) is 152 cm³/mol. The fourth-order valence-electron chi connectivity index (χ4n) is 6.18. The molecule has 38 heavy (non-hydrogen) atoms. The molecule has 3 aliphatic heterocycles. The van der Waals surface area contributed by atoms with Crippen molar-refractivity contribution in [3.8, 4) is 11.1 Å². The molecule has 1 saturated carbocycles. The lowest BCUT2D eigenvalue weighted by Crippen LogP contribution is -2.58. The quantitative estimate of drug-likeness (QED) is 0.462. The lowest BCUT2D eigenvalue weighted by Gasteiger charge is -2.44. The van der Waals surface area contributed by atoms with E-state index < -0.39 is 0 Å². The van der Waals surface area contributed by atoms with Crippen molar-refractivity contribution in [2.75, 3.05) is 44.2 Å². The topological polar surface area (TPSA) is 68.8 Å². The molecule has 3 aromatic rings. The summed E-state index contributed by atoms with van der Waals surface area (Å²) >= 11 is 8.28. The summed E-state index contributed by atoms with van der Waals surface area (Å²) < 4.78 is 1.07. The van der Waals surface area contributed by atoms with Crippen molar-refractivity contribution >= 4 is 50.7 Å². The van der Waals surface area contributed by atoms with Crippen LogP contribution in [0.25, 0.3) is 21.3 Å². The van der Waals surface area contributed by atoms with Crippen molar-refractivity contribution in [1.82, 2.24) is 20.1 Å². The summed E-state index contributed by atoms with van der Waals surface area (Å²) in [6.07, 6.45) is 6.37. The first-order valence-electron chi connectivity index (χ1n) is 13.6. The van der Waals surface area contributed by atoms with Crippen LogP contribution in [-0.4, -0.2) is 71.9 Å². The highest BCUT2D eigenvalue weighted by molar-refractivity contribution is 7.19. The van der Waals surface area contributed by atoms with Gasteiger partial charge in [0.15, 0.2) is 0 Å². The minimum Gasteiger partial charge on any atom is -0.365 e. The van der Waals surface area contributed by atoms with Crippen LogP contribution in [0, 0.1) is 5.41 Å². The third kappa shape index (κ3) is 4.41. The van der Waals surface area contributed by atoms with Crippen LogP contribution in [0.1, 0.15) is 36.6 Å². The zero-order valence-corrected chi connectivity index (χ0v) is 23.2. The number of amides is 2. The van der Waals surface area contributed by atoms with Gasteiger partial charge in [0, 0.05) is 59.1 Å². The number of rotatable bonds is 6. The Morgan fingerprint density at radius 3 is 2.63 bits per heavy atom. The molecule has 1 aromatic carbocycles. The summed E-state index contributed by atoms with van der Waals surface area (Å²) in [7, 11) is 0.